The Morgan fingerprint density at radius 2 is 1.30 bits per heavy atom. The summed E-state index contributed by atoms with van der Waals surface area (Å²) in [6.45, 7) is 9.13. The zero-order valence-corrected chi connectivity index (χ0v) is 25.4. The summed E-state index contributed by atoms with van der Waals surface area (Å²) in [4.78, 5) is 10.4. The van der Waals surface area contributed by atoms with Gasteiger partial charge in [0.25, 0.3) is 0 Å². The first-order valence-electron chi connectivity index (χ1n) is 15.4. The Morgan fingerprint density at radius 3 is 2.05 bits per heavy atom. The minimum absolute atomic E-state index is 0.270. The van der Waals surface area contributed by atoms with Crippen LogP contribution in [0.25, 0.3) is 72.1 Å². The summed E-state index contributed by atoms with van der Waals surface area (Å²) in [5.74, 6) is 1.40. The standard InChI is InChI=1S/C40H33N3O/c1-24(2)32-21-27(26-13-6-5-7-14-26)22-33(25(3)4)38(32)43-35-23-41-34-19-10-8-16-30(34)37(35)42-40(43)31-18-12-17-29-28-15-9-11-20-36(28)44-39(29)31/h5-25H,1-4H3. The van der Waals surface area contributed by atoms with E-state index in [0.29, 0.717) is 0 Å². The van der Waals surface area contributed by atoms with Crippen molar-refractivity contribution >= 4 is 43.9 Å². The summed E-state index contributed by atoms with van der Waals surface area (Å²) in [6, 6.07) is 38.3. The van der Waals surface area contributed by atoms with Crippen molar-refractivity contribution in [1.82, 2.24) is 14.5 Å². The molecule has 3 aromatic heterocycles. The number of fused-ring (bicyclic) bond motifs is 6. The second kappa shape index (κ2) is 10.2. The molecule has 8 rings (SSSR count). The number of furan rings is 1. The van der Waals surface area contributed by atoms with Gasteiger partial charge in [-0.25, -0.2) is 4.98 Å². The van der Waals surface area contributed by atoms with Crippen LogP contribution in [0.15, 0.2) is 120 Å². The van der Waals surface area contributed by atoms with E-state index in [1.807, 2.05) is 24.4 Å². The topological polar surface area (TPSA) is 43.9 Å². The summed E-state index contributed by atoms with van der Waals surface area (Å²) >= 11 is 0. The maximum atomic E-state index is 6.58. The highest BCUT2D eigenvalue weighted by atomic mass is 16.3. The van der Waals surface area contributed by atoms with Gasteiger partial charge in [-0.1, -0.05) is 107 Å². The van der Waals surface area contributed by atoms with Gasteiger partial charge in [0.05, 0.1) is 28.5 Å². The van der Waals surface area contributed by atoms with E-state index in [1.54, 1.807) is 0 Å². The molecule has 0 spiro atoms. The van der Waals surface area contributed by atoms with Crippen LogP contribution in [0, 0.1) is 0 Å². The van der Waals surface area contributed by atoms with Crippen molar-refractivity contribution in [2.45, 2.75) is 39.5 Å². The predicted octanol–water partition coefficient (Wildman–Crippen LogP) is 11.1. The average Bonchev–Trinajstić information content (AvgIpc) is 3.63. The average molecular weight is 572 g/mol. The molecule has 4 heteroatoms. The van der Waals surface area contributed by atoms with Gasteiger partial charge in [0.2, 0.25) is 0 Å². The molecule has 0 fully saturated rings. The zero-order valence-electron chi connectivity index (χ0n) is 25.4. The van der Waals surface area contributed by atoms with Crippen molar-refractivity contribution in [3.8, 4) is 28.2 Å². The van der Waals surface area contributed by atoms with Gasteiger partial charge in [0, 0.05) is 16.2 Å². The molecule has 0 amide bonds. The first-order chi connectivity index (χ1) is 21.5. The fraction of sp³-hybridized carbons (Fsp3) is 0.150. The van der Waals surface area contributed by atoms with Crippen LogP contribution < -0.4 is 0 Å². The molecule has 0 atom stereocenters. The largest absolute Gasteiger partial charge is 0.455 e. The quantitative estimate of drug-likeness (QED) is 0.206. The highest BCUT2D eigenvalue weighted by Gasteiger charge is 2.26. The Labute approximate surface area is 256 Å². The Morgan fingerprint density at radius 1 is 0.636 bits per heavy atom. The minimum atomic E-state index is 0.270. The third-order valence-corrected chi connectivity index (χ3v) is 8.79. The Balaban J connectivity index is 1.53. The van der Waals surface area contributed by atoms with Crippen molar-refractivity contribution < 1.29 is 4.42 Å². The lowest BCUT2D eigenvalue weighted by Crippen LogP contribution is -2.09. The molecule has 8 aromatic rings. The normalized spacial score (nSPS) is 12.0. The highest BCUT2D eigenvalue weighted by molar-refractivity contribution is 6.10. The summed E-state index contributed by atoms with van der Waals surface area (Å²) < 4.78 is 8.93. The summed E-state index contributed by atoms with van der Waals surface area (Å²) in [6.07, 6.45) is 1.99. The molecular weight excluding hydrogens is 538 g/mol. The van der Waals surface area contributed by atoms with Crippen LogP contribution >= 0.6 is 0 Å². The molecule has 0 saturated heterocycles. The Kier molecular flexibility index (Phi) is 6.12. The van der Waals surface area contributed by atoms with Crippen molar-refractivity contribution in [3.05, 3.63) is 127 Å². The van der Waals surface area contributed by atoms with E-state index in [-0.39, 0.29) is 11.8 Å². The van der Waals surface area contributed by atoms with E-state index in [1.165, 1.54) is 27.9 Å². The van der Waals surface area contributed by atoms with Gasteiger partial charge >= 0.3 is 0 Å². The molecule has 0 radical (unpaired) electrons. The maximum Gasteiger partial charge on any atom is 0.149 e. The lowest BCUT2D eigenvalue weighted by Gasteiger charge is -2.24. The number of para-hydroxylation sites is 3. The number of aromatic nitrogens is 3. The van der Waals surface area contributed by atoms with Crippen LogP contribution in [0.1, 0.15) is 50.7 Å². The molecule has 4 nitrogen and oxygen atoms in total. The van der Waals surface area contributed by atoms with Gasteiger partial charge in [-0.15, -0.1) is 0 Å². The van der Waals surface area contributed by atoms with Crippen LogP contribution in [0.2, 0.25) is 0 Å². The molecule has 0 bridgehead atoms. The second-order valence-electron chi connectivity index (χ2n) is 12.2. The van der Waals surface area contributed by atoms with Gasteiger partial charge in [-0.3, -0.25) is 9.55 Å². The first-order valence-corrected chi connectivity index (χ1v) is 15.4. The van der Waals surface area contributed by atoms with Crippen LogP contribution in [-0.4, -0.2) is 14.5 Å². The van der Waals surface area contributed by atoms with Gasteiger partial charge in [-0.2, -0.15) is 0 Å². The minimum Gasteiger partial charge on any atom is -0.455 e. The van der Waals surface area contributed by atoms with E-state index < -0.39 is 0 Å². The molecule has 0 unspecified atom stereocenters. The first kappa shape index (κ1) is 26.4. The molecule has 0 aliphatic heterocycles. The molecule has 0 aliphatic rings. The third-order valence-electron chi connectivity index (χ3n) is 8.79. The molecule has 5 aromatic carbocycles. The second-order valence-corrected chi connectivity index (χ2v) is 12.2. The van der Waals surface area contributed by atoms with E-state index >= 15 is 0 Å². The van der Waals surface area contributed by atoms with Gasteiger partial charge < -0.3 is 4.42 Å². The van der Waals surface area contributed by atoms with Crippen LogP contribution in [0.5, 0.6) is 0 Å². The van der Waals surface area contributed by atoms with E-state index in [0.717, 1.165) is 55.3 Å². The number of hydrogen-bond acceptors (Lipinski definition) is 3. The molecule has 3 heterocycles. The molecule has 0 saturated carbocycles. The third kappa shape index (κ3) is 4.05. The predicted molar refractivity (Wildman–Crippen MR) is 183 cm³/mol. The number of hydrogen-bond donors (Lipinski definition) is 0. The fourth-order valence-corrected chi connectivity index (χ4v) is 6.61. The highest BCUT2D eigenvalue weighted by Crippen LogP contribution is 2.43. The molecule has 214 valence electrons. The summed E-state index contributed by atoms with van der Waals surface area (Å²) in [7, 11) is 0. The number of imidazole rings is 1. The number of benzene rings is 5. The van der Waals surface area contributed by atoms with Crippen LogP contribution in [-0.2, 0) is 0 Å². The lowest BCUT2D eigenvalue weighted by atomic mass is 9.88. The van der Waals surface area contributed by atoms with Crippen molar-refractivity contribution in [2.75, 3.05) is 0 Å². The van der Waals surface area contributed by atoms with Crippen molar-refractivity contribution in [1.29, 1.82) is 0 Å². The smallest absolute Gasteiger partial charge is 0.149 e. The fourth-order valence-electron chi connectivity index (χ4n) is 6.61. The summed E-state index contributed by atoms with van der Waals surface area (Å²) in [5, 5.41) is 3.24. The molecule has 0 N–H and O–H groups in total. The van der Waals surface area contributed by atoms with Gasteiger partial charge in [-0.05, 0) is 64.4 Å². The SMILES string of the molecule is CC(C)c1cc(-c2ccccc2)cc(C(C)C)c1-n1c(-c2cccc3c2oc2ccccc23)nc2c3ccccc3ncc21. The van der Waals surface area contributed by atoms with Crippen molar-refractivity contribution in [3.63, 3.8) is 0 Å². The van der Waals surface area contributed by atoms with Crippen LogP contribution in [0.3, 0.4) is 0 Å². The monoisotopic (exact) mass is 571 g/mol. The maximum absolute atomic E-state index is 6.58. The number of pyridine rings is 1. The Bertz CT molecular complexity index is 2310. The molecule has 0 aliphatic carbocycles. The van der Waals surface area contributed by atoms with Gasteiger partial charge in [0.1, 0.15) is 22.5 Å². The van der Waals surface area contributed by atoms with E-state index in [4.69, 9.17) is 14.4 Å². The van der Waals surface area contributed by atoms with Crippen molar-refractivity contribution in [2.24, 2.45) is 0 Å². The number of rotatable bonds is 5. The van der Waals surface area contributed by atoms with E-state index in [9.17, 15) is 0 Å². The Hall–Kier alpha value is -5.22. The zero-order chi connectivity index (χ0) is 29.9. The number of nitrogens with zero attached hydrogens (tertiary/aromatic N) is 3. The lowest BCUT2D eigenvalue weighted by molar-refractivity contribution is 0.669. The van der Waals surface area contributed by atoms with E-state index in [2.05, 4.69) is 123 Å². The molecule has 44 heavy (non-hydrogen) atoms. The summed E-state index contributed by atoms with van der Waals surface area (Å²) in [5.41, 5.74) is 11.7. The van der Waals surface area contributed by atoms with Gasteiger partial charge in [0.15, 0.2) is 0 Å². The molecular formula is C40H33N3O. The van der Waals surface area contributed by atoms with Crippen LogP contribution in [0.4, 0.5) is 0 Å².